The van der Waals surface area contributed by atoms with Crippen LogP contribution < -0.4 is 10.6 Å². The number of aliphatic imine (C=N–C) groups is 1. The molecule has 1 saturated heterocycles. The van der Waals surface area contributed by atoms with Crippen molar-refractivity contribution in [3.05, 3.63) is 16.1 Å². The van der Waals surface area contributed by atoms with E-state index >= 15 is 0 Å². The first-order chi connectivity index (χ1) is 13.0. The largest absolute Gasteiger partial charge is 0.356 e. The van der Waals surface area contributed by atoms with Crippen molar-refractivity contribution < 1.29 is 0 Å². The van der Waals surface area contributed by atoms with Crippen LogP contribution in [0.15, 0.2) is 10.4 Å². The van der Waals surface area contributed by atoms with Gasteiger partial charge in [0, 0.05) is 31.6 Å². The highest BCUT2D eigenvalue weighted by Crippen LogP contribution is 2.19. The first kappa shape index (κ1) is 25.6. The van der Waals surface area contributed by atoms with Crippen molar-refractivity contribution in [3.63, 3.8) is 0 Å². The second-order valence-electron chi connectivity index (χ2n) is 8.28. The van der Waals surface area contributed by atoms with Crippen LogP contribution in [0.5, 0.6) is 0 Å². The third kappa shape index (κ3) is 9.39. The minimum Gasteiger partial charge on any atom is -0.356 e. The molecule has 1 unspecified atom stereocenters. The van der Waals surface area contributed by atoms with Crippen LogP contribution in [0, 0.1) is 11.8 Å². The molecule has 0 bridgehead atoms. The average Bonchev–Trinajstić information content (AvgIpc) is 3.12. The van der Waals surface area contributed by atoms with Gasteiger partial charge >= 0.3 is 0 Å². The molecule has 1 atom stereocenters. The SMILES string of the molecule is CCc1nc(CN2CCC(CNC(=NC)NC(C)CCC(C)C)CC2)cs1.I. The van der Waals surface area contributed by atoms with Gasteiger partial charge in [0.25, 0.3) is 0 Å². The summed E-state index contributed by atoms with van der Waals surface area (Å²) < 4.78 is 0. The predicted octanol–water partition coefficient (Wildman–Crippen LogP) is 4.53. The number of hydrogen-bond acceptors (Lipinski definition) is 4. The Morgan fingerprint density at radius 3 is 2.57 bits per heavy atom. The van der Waals surface area contributed by atoms with E-state index < -0.39 is 0 Å². The van der Waals surface area contributed by atoms with Gasteiger partial charge in [0.15, 0.2) is 5.96 Å². The Bertz CT molecular complexity index is 567. The molecule has 7 heteroatoms. The molecule has 0 aromatic carbocycles. The van der Waals surface area contributed by atoms with E-state index in [4.69, 9.17) is 4.98 Å². The summed E-state index contributed by atoms with van der Waals surface area (Å²) in [4.78, 5) is 11.7. The Morgan fingerprint density at radius 2 is 2.00 bits per heavy atom. The fourth-order valence-corrected chi connectivity index (χ4v) is 4.22. The summed E-state index contributed by atoms with van der Waals surface area (Å²) in [5, 5.41) is 10.6. The zero-order chi connectivity index (χ0) is 19.6. The van der Waals surface area contributed by atoms with E-state index in [2.05, 4.69) is 53.6 Å². The van der Waals surface area contributed by atoms with Gasteiger partial charge in [-0.05, 0) is 64.0 Å². The summed E-state index contributed by atoms with van der Waals surface area (Å²) in [7, 11) is 1.87. The first-order valence-corrected chi connectivity index (χ1v) is 11.5. The minimum absolute atomic E-state index is 0. The smallest absolute Gasteiger partial charge is 0.191 e. The van der Waals surface area contributed by atoms with Crippen molar-refractivity contribution in [2.75, 3.05) is 26.7 Å². The van der Waals surface area contributed by atoms with Crippen molar-refractivity contribution in [3.8, 4) is 0 Å². The number of aromatic nitrogens is 1. The summed E-state index contributed by atoms with van der Waals surface area (Å²) in [6.45, 7) is 13.3. The summed E-state index contributed by atoms with van der Waals surface area (Å²) in [5.41, 5.74) is 1.24. The van der Waals surface area contributed by atoms with Gasteiger partial charge in [-0.25, -0.2) is 4.98 Å². The molecule has 162 valence electrons. The van der Waals surface area contributed by atoms with Crippen molar-refractivity contribution in [2.24, 2.45) is 16.8 Å². The van der Waals surface area contributed by atoms with Crippen LogP contribution in [0.4, 0.5) is 0 Å². The minimum atomic E-state index is 0. The summed E-state index contributed by atoms with van der Waals surface area (Å²) in [6, 6.07) is 0.464. The molecule has 2 heterocycles. The highest BCUT2D eigenvalue weighted by atomic mass is 127. The van der Waals surface area contributed by atoms with Gasteiger partial charge in [-0.1, -0.05) is 20.8 Å². The number of nitrogens with one attached hydrogen (secondary N) is 2. The van der Waals surface area contributed by atoms with Gasteiger partial charge < -0.3 is 10.6 Å². The van der Waals surface area contributed by atoms with Crippen LogP contribution in [-0.4, -0.2) is 48.6 Å². The maximum absolute atomic E-state index is 4.71. The summed E-state index contributed by atoms with van der Waals surface area (Å²) in [6.07, 6.45) is 5.98. The Morgan fingerprint density at radius 1 is 1.29 bits per heavy atom. The molecule has 0 radical (unpaired) electrons. The molecule has 0 amide bonds. The van der Waals surface area contributed by atoms with E-state index in [0.29, 0.717) is 6.04 Å². The van der Waals surface area contributed by atoms with Gasteiger partial charge in [-0.15, -0.1) is 35.3 Å². The molecule has 0 saturated carbocycles. The fourth-order valence-electron chi connectivity index (χ4n) is 3.49. The van der Waals surface area contributed by atoms with Crippen LogP contribution in [0.2, 0.25) is 0 Å². The lowest BCUT2D eigenvalue weighted by Crippen LogP contribution is -2.45. The number of piperidine rings is 1. The standard InChI is InChI=1S/C21H39N5S.HI/c1-6-20-25-19(15-27-20)14-26-11-9-18(10-12-26)13-23-21(22-5)24-17(4)8-7-16(2)3;/h15-18H,6-14H2,1-5H3,(H2,22,23,24);1H. The fraction of sp³-hybridized carbons (Fsp3) is 0.810. The van der Waals surface area contributed by atoms with Crippen LogP contribution in [0.25, 0.3) is 0 Å². The molecule has 2 rings (SSSR count). The highest BCUT2D eigenvalue weighted by Gasteiger charge is 2.20. The lowest BCUT2D eigenvalue weighted by molar-refractivity contribution is 0.176. The Labute approximate surface area is 193 Å². The second-order valence-corrected chi connectivity index (χ2v) is 9.22. The highest BCUT2D eigenvalue weighted by molar-refractivity contribution is 14.0. The quantitative estimate of drug-likeness (QED) is 0.285. The van der Waals surface area contributed by atoms with E-state index in [-0.39, 0.29) is 24.0 Å². The van der Waals surface area contributed by atoms with Crippen molar-refractivity contribution in [1.29, 1.82) is 0 Å². The van der Waals surface area contributed by atoms with Gasteiger partial charge in [-0.3, -0.25) is 9.89 Å². The van der Waals surface area contributed by atoms with Crippen LogP contribution >= 0.6 is 35.3 Å². The molecular weight excluding hydrogens is 481 g/mol. The van der Waals surface area contributed by atoms with Crippen LogP contribution in [0.1, 0.15) is 64.1 Å². The maximum Gasteiger partial charge on any atom is 0.191 e. The van der Waals surface area contributed by atoms with Crippen molar-refractivity contribution >= 4 is 41.3 Å². The number of halogens is 1. The predicted molar refractivity (Wildman–Crippen MR) is 133 cm³/mol. The van der Waals surface area contributed by atoms with E-state index in [0.717, 1.165) is 37.3 Å². The number of likely N-dealkylation sites (tertiary alicyclic amines) is 1. The van der Waals surface area contributed by atoms with Gasteiger partial charge in [0.1, 0.15) is 0 Å². The topological polar surface area (TPSA) is 52.6 Å². The van der Waals surface area contributed by atoms with E-state index in [9.17, 15) is 0 Å². The normalized spacial score (nSPS) is 17.4. The molecule has 1 fully saturated rings. The lowest BCUT2D eigenvalue weighted by atomic mass is 9.97. The molecule has 5 nitrogen and oxygen atoms in total. The van der Waals surface area contributed by atoms with E-state index in [1.807, 2.05) is 7.05 Å². The molecule has 0 spiro atoms. The zero-order valence-corrected chi connectivity index (χ0v) is 21.5. The van der Waals surface area contributed by atoms with Gasteiger partial charge in [-0.2, -0.15) is 0 Å². The molecule has 2 N–H and O–H groups in total. The summed E-state index contributed by atoms with van der Waals surface area (Å²) >= 11 is 1.79. The van der Waals surface area contributed by atoms with E-state index in [1.54, 1.807) is 11.3 Å². The van der Waals surface area contributed by atoms with Crippen molar-refractivity contribution in [1.82, 2.24) is 20.5 Å². The molecule has 1 aliphatic rings. The third-order valence-electron chi connectivity index (χ3n) is 5.34. The van der Waals surface area contributed by atoms with E-state index in [1.165, 1.54) is 49.5 Å². The summed E-state index contributed by atoms with van der Waals surface area (Å²) in [5.74, 6) is 2.43. The maximum atomic E-state index is 4.71. The molecule has 1 aromatic heterocycles. The first-order valence-electron chi connectivity index (χ1n) is 10.6. The Balaban J connectivity index is 0.00000392. The Hall–Kier alpha value is -0.410. The Kier molecular flexibility index (Phi) is 12.6. The molecule has 28 heavy (non-hydrogen) atoms. The number of rotatable bonds is 9. The number of guanidine groups is 1. The molecule has 1 aliphatic heterocycles. The molecule has 0 aliphatic carbocycles. The number of aryl methyl sites for hydroxylation is 1. The average molecular weight is 522 g/mol. The zero-order valence-electron chi connectivity index (χ0n) is 18.3. The third-order valence-corrected chi connectivity index (χ3v) is 6.38. The van der Waals surface area contributed by atoms with Crippen LogP contribution in [-0.2, 0) is 13.0 Å². The number of hydrogen-bond donors (Lipinski definition) is 2. The van der Waals surface area contributed by atoms with Gasteiger partial charge in [0.05, 0.1) is 10.7 Å². The van der Waals surface area contributed by atoms with Gasteiger partial charge in [0.2, 0.25) is 0 Å². The second kappa shape index (κ2) is 13.7. The van der Waals surface area contributed by atoms with Crippen molar-refractivity contribution in [2.45, 2.75) is 72.4 Å². The molecule has 1 aromatic rings. The monoisotopic (exact) mass is 521 g/mol. The number of nitrogens with zero attached hydrogens (tertiary/aromatic N) is 3. The van der Waals surface area contributed by atoms with Crippen LogP contribution in [0.3, 0.4) is 0 Å². The lowest BCUT2D eigenvalue weighted by Gasteiger charge is -2.32. The molecular formula is C21H40IN5S. The number of thiazole rings is 1.